The van der Waals surface area contributed by atoms with Crippen molar-refractivity contribution in [2.75, 3.05) is 6.54 Å². The van der Waals surface area contributed by atoms with Gasteiger partial charge in [-0.15, -0.1) is 0 Å². The van der Waals surface area contributed by atoms with Gasteiger partial charge in [0.2, 0.25) is 0 Å². The number of azo groups is 1. The molecule has 0 unspecified atom stereocenters. The normalized spacial score (nSPS) is 10.5. The Hall–Kier alpha value is -2.11. The Morgan fingerprint density at radius 3 is 2.93 bits per heavy atom. The van der Waals surface area contributed by atoms with E-state index in [-0.39, 0.29) is 17.8 Å². The molecule has 15 heavy (non-hydrogen) atoms. The molecule has 1 aromatic carbocycles. The highest BCUT2D eigenvalue weighted by atomic mass is 19.1. The van der Waals surface area contributed by atoms with Crippen LogP contribution >= 0.6 is 0 Å². The molecule has 0 aliphatic heterocycles. The van der Waals surface area contributed by atoms with Gasteiger partial charge in [-0.3, -0.25) is 0 Å². The van der Waals surface area contributed by atoms with Gasteiger partial charge in [0.15, 0.2) is 0 Å². The first kappa shape index (κ1) is 11.0. The van der Waals surface area contributed by atoms with E-state index in [9.17, 15) is 9.18 Å². The summed E-state index contributed by atoms with van der Waals surface area (Å²) >= 11 is 0. The molecule has 0 saturated heterocycles. The van der Waals surface area contributed by atoms with Gasteiger partial charge < -0.3 is 10.5 Å². The molecule has 0 atom stereocenters. The van der Waals surface area contributed by atoms with Crippen molar-refractivity contribution in [3.63, 3.8) is 0 Å². The molecule has 0 heterocycles. The maximum atomic E-state index is 12.8. The van der Waals surface area contributed by atoms with E-state index in [1.807, 2.05) is 0 Å². The highest BCUT2D eigenvalue weighted by molar-refractivity contribution is 5.93. The number of carbonyl (C=O) groups is 1. The Labute approximate surface area is 84.8 Å². The Morgan fingerprint density at radius 2 is 2.33 bits per heavy atom. The zero-order chi connectivity index (χ0) is 11.3. The van der Waals surface area contributed by atoms with E-state index in [1.165, 1.54) is 0 Å². The van der Waals surface area contributed by atoms with Gasteiger partial charge >= 0.3 is 5.97 Å². The number of carboxylic acid groups (broad SMARTS) is 1. The van der Waals surface area contributed by atoms with Crippen LogP contribution in [-0.4, -0.2) is 23.8 Å². The summed E-state index contributed by atoms with van der Waals surface area (Å²) in [6.07, 6.45) is 1.00. The smallest absolute Gasteiger partial charge is 0.337 e. The third-order valence-electron chi connectivity index (χ3n) is 1.54. The van der Waals surface area contributed by atoms with Gasteiger partial charge in [0.25, 0.3) is 0 Å². The highest BCUT2D eigenvalue weighted by Gasteiger charge is 2.10. The van der Waals surface area contributed by atoms with E-state index in [0.717, 1.165) is 24.4 Å². The summed E-state index contributed by atoms with van der Waals surface area (Å²) in [4.78, 5) is 10.7. The summed E-state index contributed by atoms with van der Waals surface area (Å²) in [6, 6.07) is 3.15. The maximum Gasteiger partial charge on any atom is 0.337 e. The molecular weight excluding hydrogens is 201 g/mol. The fourth-order valence-corrected chi connectivity index (χ4v) is 0.926. The molecule has 78 valence electrons. The minimum Gasteiger partial charge on any atom is -0.478 e. The first-order valence-electron chi connectivity index (χ1n) is 4.04. The molecule has 5 nitrogen and oxygen atoms in total. The minimum atomic E-state index is -1.20. The van der Waals surface area contributed by atoms with E-state index in [1.54, 1.807) is 0 Å². The number of hydrogen-bond acceptors (Lipinski definition) is 4. The van der Waals surface area contributed by atoms with Crippen LogP contribution < -0.4 is 0 Å². The van der Waals surface area contributed by atoms with Crippen molar-refractivity contribution < 1.29 is 14.3 Å². The minimum absolute atomic E-state index is 0.0373. The van der Waals surface area contributed by atoms with Gasteiger partial charge in [0.1, 0.15) is 11.5 Å². The Bertz CT molecular complexity index is 418. The highest BCUT2D eigenvalue weighted by Crippen LogP contribution is 2.20. The van der Waals surface area contributed by atoms with Crippen LogP contribution in [0.1, 0.15) is 10.4 Å². The average molecular weight is 209 g/mol. The van der Waals surface area contributed by atoms with E-state index in [2.05, 4.69) is 10.2 Å². The molecule has 0 aromatic heterocycles. The molecule has 0 saturated carbocycles. The quantitative estimate of drug-likeness (QED) is 0.588. The molecule has 0 amide bonds. The number of carboxylic acids is 1. The third-order valence-corrected chi connectivity index (χ3v) is 1.54. The van der Waals surface area contributed by atoms with Gasteiger partial charge in [0.05, 0.1) is 12.1 Å². The summed E-state index contributed by atoms with van der Waals surface area (Å²) in [5, 5.41) is 22.5. The van der Waals surface area contributed by atoms with Crippen LogP contribution in [0.2, 0.25) is 0 Å². The van der Waals surface area contributed by atoms with Crippen LogP contribution in [0.3, 0.4) is 0 Å². The Kier molecular flexibility index (Phi) is 3.61. The first-order chi connectivity index (χ1) is 7.15. The molecule has 0 aliphatic rings. The van der Waals surface area contributed by atoms with Crippen LogP contribution in [0.5, 0.6) is 0 Å². The molecule has 0 aliphatic carbocycles. The summed E-state index contributed by atoms with van der Waals surface area (Å²) in [7, 11) is 0. The summed E-state index contributed by atoms with van der Waals surface area (Å²) < 4.78 is 12.8. The molecule has 0 spiro atoms. The van der Waals surface area contributed by atoms with Gasteiger partial charge in [-0.25, -0.2) is 9.18 Å². The van der Waals surface area contributed by atoms with Gasteiger partial charge in [-0.05, 0) is 12.1 Å². The lowest BCUT2D eigenvalue weighted by atomic mass is 10.2. The fourth-order valence-electron chi connectivity index (χ4n) is 0.926. The Balaban J connectivity index is 3.07. The second-order valence-corrected chi connectivity index (χ2v) is 2.59. The summed E-state index contributed by atoms with van der Waals surface area (Å²) in [5.41, 5.74) is -0.172. The van der Waals surface area contributed by atoms with Crippen molar-refractivity contribution in [1.29, 1.82) is 5.41 Å². The lowest BCUT2D eigenvalue weighted by Gasteiger charge is -1.98. The van der Waals surface area contributed by atoms with Crippen molar-refractivity contribution >= 4 is 17.9 Å². The van der Waals surface area contributed by atoms with Crippen molar-refractivity contribution in [2.45, 2.75) is 0 Å². The largest absolute Gasteiger partial charge is 0.478 e. The predicted octanol–water partition coefficient (Wildman–Crippen LogP) is 2.26. The van der Waals surface area contributed by atoms with E-state index in [0.29, 0.717) is 0 Å². The van der Waals surface area contributed by atoms with Crippen LogP contribution in [0, 0.1) is 11.2 Å². The zero-order valence-corrected chi connectivity index (χ0v) is 7.64. The number of nitrogens with zero attached hydrogens (tertiary/aromatic N) is 2. The van der Waals surface area contributed by atoms with Crippen molar-refractivity contribution in [3.8, 4) is 0 Å². The van der Waals surface area contributed by atoms with Crippen LogP contribution in [0.15, 0.2) is 28.4 Å². The number of nitrogens with one attached hydrogen (secondary N) is 1. The van der Waals surface area contributed by atoms with E-state index >= 15 is 0 Å². The number of aromatic carboxylic acids is 1. The van der Waals surface area contributed by atoms with E-state index in [4.69, 9.17) is 10.5 Å². The van der Waals surface area contributed by atoms with Crippen LogP contribution in [0.25, 0.3) is 0 Å². The lowest BCUT2D eigenvalue weighted by Crippen LogP contribution is -1.96. The van der Waals surface area contributed by atoms with Crippen molar-refractivity contribution in [2.24, 2.45) is 10.2 Å². The van der Waals surface area contributed by atoms with Crippen molar-refractivity contribution in [1.82, 2.24) is 0 Å². The number of rotatable bonds is 4. The molecule has 2 N–H and O–H groups in total. The van der Waals surface area contributed by atoms with Crippen LogP contribution in [0.4, 0.5) is 10.1 Å². The van der Waals surface area contributed by atoms with Crippen molar-refractivity contribution in [3.05, 3.63) is 29.6 Å². The standard InChI is InChI=1S/C9H8FN3O2/c10-6-1-2-7(9(14)15)8(5-6)13-12-4-3-11/h1-3,5,11H,4H2,(H,14,15). The van der Waals surface area contributed by atoms with Gasteiger partial charge in [-0.1, -0.05) is 0 Å². The summed E-state index contributed by atoms with van der Waals surface area (Å²) in [5.74, 6) is -1.78. The molecule has 0 bridgehead atoms. The van der Waals surface area contributed by atoms with Gasteiger partial charge in [0, 0.05) is 12.3 Å². The van der Waals surface area contributed by atoms with Crippen LogP contribution in [-0.2, 0) is 0 Å². The molecule has 0 fully saturated rings. The average Bonchev–Trinajstić information content (AvgIpc) is 2.18. The monoisotopic (exact) mass is 209 g/mol. The third kappa shape index (κ3) is 2.94. The maximum absolute atomic E-state index is 12.8. The Morgan fingerprint density at radius 1 is 1.60 bits per heavy atom. The molecule has 6 heteroatoms. The van der Waals surface area contributed by atoms with E-state index < -0.39 is 11.8 Å². The SMILES string of the molecule is N=CCN=Nc1cc(F)ccc1C(=O)O. The zero-order valence-electron chi connectivity index (χ0n) is 7.64. The lowest BCUT2D eigenvalue weighted by molar-refractivity contribution is 0.0697. The fraction of sp³-hybridized carbons (Fsp3) is 0.111. The second kappa shape index (κ2) is 4.94. The number of halogens is 1. The molecule has 0 radical (unpaired) electrons. The topological polar surface area (TPSA) is 85.9 Å². The summed E-state index contributed by atoms with van der Waals surface area (Å²) in [6.45, 7) is 0.0373. The molecule has 1 aromatic rings. The number of hydrogen-bond donors (Lipinski definition) is 2. The first-order valence-corrected chi connectivity index (χ1v) is 4.04. The second-order valence-electron chi connectivity index (χ2n) is 2.59. The molecule has 1 rings (SSSR count). The predicted molar refractivity (Wildman–Crippen MR) is 51.5 cm³/mol. The van der Waals surface area contributed by atoms with Gasteiger partial charge in [-0.2, -0.15) is 10.2 Å². The molecular formula is C9H8FN3O2. The number of benzene rings is 1.